The van der Waals surface area contributed by atoms with Gasteiger partial charge in [-0.1, -0.05) is 43.3 Å². The maximum atomic E-state index is 12.5. The molecular weight excluding hydrogens is 220 g/mol. The second kappa shape index (κ2) is 5.18. The summed E-state index contributed by atoms with van der Waals surface area (Å²) in [6.07, 6.45) is 0.882. The van der Waals surface area contributed by atoms with E-state index in [1.54, 1.807) is 0 Å². The van der Waals surface area contributed by atoms with Crippen molar-refractivity contribution in [3.8, 4) is 0 Å². The Bertz CT molecular complexity index is 582. The van der Waals surface area contributed by atoms with Gasteiger partial charge < -0.3 is 0 Å². The number of ketones is 1. The third-order valence-electron chi connectivity index (χ3n) is 3.41. The van der Waals surface area contributed by atoms with E-state index in [0.29, 0.717) is 0 Å². The number of carbonyl (C=O) groups is 1. The molecule has 0 aliphatic rings. The van der Waals surface area contributed by atoms with E-state index in [1.807, 2.05) is 49.4 Å². The Labute approximate surface area is 108 Å². The van der Waals surface area contributed by atoms with Crippen LogP contribution in [0.1, 0.15) is 39.5 Å². The SMILES string of the molecule is CCc1ccccc1C(=O)c1ccc(C)c(C)c1. The van der Waals surface area contributed by atoms with Crippen molar-refractivity contribution in [2.24, 2.45) is 0 Å². The number of carbonyl (C=O) groups excluding carboxylic acids is 1. The van der Waals surface area contributed by atoms with E-state index in [-0.39, 0.29) is 5.78 Å². The molecule has 0 spiro atoms. The van der Waals surface area contributed by atoms with Crippen LogP contribution in [0.5, 0.6) is 0 Å². The molecule has 0 radical (unpaired) electrons. The molecule has 1 heteroatoms. The Balaban J connectivity index is 2.44. The van der Waals surface area contributed by atoms with Crippen LogP contribution in [0.15, 0.2) is 42.5 Å². The van der Waals surface area contributed by atoms with Gasteiger partial charge in [-0.15, -0.1) is 0 Å². The van der Waals surface area contributed by atoms with Gasteiger partial charge in [-0.3, -0.25) is 4.79 Å². The van der Waals surface area contributed by atoms with Gasteiger partial charge in [0.2, 0.25) is 0 Å². The van der Waals surface area contributed by atoms with Crippen molar-refractivity contribution >= 4 is 5.78 Å². The summed E-state index contributed by atoms with van der Waals surface area (Å²) in [5, 5.41) is 0. The van der Waals surface area contributed by atoms with Crippen molar-refractivity contribution in [2.75, 3.05) is 0 Å². The fraction of sp³-hybridized carbons (Fsp3) is 0.235. The third kappa shape index (κ3) is 2.35. The number of hydrogen-bond acceptors (Lipinski definition) is 1. The fourth-order valence-electron chi connectivity index (χ4n) is 2.09. The van der Waals surface area contributed by atoms with Gasteiger partial charge in [0.1, 0.15) is 0 Å². The van der Waals surface area contributed by atoms with Crippen LogP contribution < -0.4 is 0 Å². The smallest absolute Gasteiger partial charge is 0.193 e. The average molecular weight is 238 g/mol. The van der Waals surface area contributed by atoms with Crippen LogP contribution >= 0.6 is 0 Å². The van der Waals surface area contributed by atoms with Crippen molar-refractivity contribution in [3.63, 3.8) is 0 Å². The lowest BCUT2D eigenvalue weighted by Crippen LogP contribution is -2.05. The zero-order valence-electron chi connectivity index (χ0n) is 11.2. The van der Waals surface area contributed by atoms with E-state index in [4.69, 9.17) is 0 Å². The molecule has 0 unspecified atom stereocenters. The van der Waals surface area contributed by atoms with Gasteiger partial charge in [-0.2, -0.15) is 0 Å². The molecule has 0 bridgehead atoms. The number of benzene rings is 2. The predicted octanol–water partition coefficient (Wildman–Crippen LogP) is 4.10. The van der Waals surface area contributed by atoms with Crippen molar-refractivity contribution in [1.82, 2.24) is 0 Å². The van der Waals surface area contributed by atoms with Crippen LogP contribution in [0.4, 0.5) is 0 Å². The summed E-state index contributed by atoms with van der Waals surface area (Å²) in [7, 11) is 0. The summed E-state index contributed by atoms with van der Waals surface area (Å²) < 4.78 is 0. The molecule has 0 N–H and O–H groups in total. The summed E-state index contributed by atoms with van der Waals surface area (Å²) in [6.45, 7) is 6.17. The number of aryl methyl sites for hydroxylation is 3. The molecule has 0 fully saturated rings. The van der Waals surface area contributed by atoms with Gasteiger partial charge in [0.25, 0.3) is 0 Å². The minimum atomic E-state index is 0.121. The topological polar surface area (TPSA) is 17.1 Å². The third-order valence-corrected chi connectivity index (χ3v) is 3.41. The molecule has 2 aromatic rings. The maximum absolute atomic E-state index is 12.5. The Morgan fingerprint density at radius 1 is 1.00 bits per heavy atom. The second-order valence-corrected chi connectivity index (χ2v) is 4.64. The monoisotopic (exact) mass is 238 g/mol. The molecule has 92 valence electrons. The Morgan fingerprint density at radius 3 is 2.39 bits per heavy atom. The first kappa shape index (κ1) is 12.6. The summed E-state index contributed by atoms with van der Waals surface area (Å²) in [6, 6.07) is 13.7. The first-order valence-electron chi connectivity index (χ1n) is 6.33. The van der Waals surface area contributed by atoms with E-state index < -0.39 is 0 Å². The summed E-state index contributed by atoms with van der Waals surface area (Å²) >= 11 is 0. The molecule has 2 rings (SSSR count). The lowest BCUT2D eigenvalue weighted by Gasteiger charge is -2.08. The molecule has 0 atom stereocenters. The molecule has 0 aromatic heterocycles. The van der Waals surface area contributed by atoms with E-state index in [0.717, 1.165) is 28.7 Å². The first-order chi connectivity index (χ1) is 8.63. The summed E-state index contributed by atoms with van der Waals surface area (Å²) in [4.78, 5) is 12.5. The molecule has 18 heavy (non-hydrogen) atoms. The lowest BCUT2D eigenvalue weighted by atomic mass is 9.95. The number of rotatable bonds is 3. The van der Waals surface area contributed by atoms with Gasteiger partial charge in [-0.05, 0) is 43.0 Å². The van der Waals surface area contributed by atoms with Crippen LogP contribution in [-0.4, -0.2) is 5.78 Å². The van der Waals surface area contributed by atoms with Crippen LogP contribution in [-0.2, 0) is 6.42 Å². The Kier molecular flexibility index (Phi) is 3.61. The minimum Gasteiger partial charge on any atom is -0.289 e. The number of hydrogen-bond donors (Lipinski definition) is 0. The summed E-state index contributed by atoms with van der Waals surface area (Å²) in [5.41, 5.74) is 5.09. The average Bonchev–Trinajstić information content (AvgIpc) is 2.41. The van der Waals surface area contributed by atoms with Gasteiger partial charge in [0.15, 0.2) is 5.78 Å². The molecular formula is C17H18O. The molecule has 0 saturated heterocycles. The molecule has 1 nitrogen and oxygen atoms in total. The van der Waals surface area contributed by atoms with E-state index in [9.17, 15) is 4.79 Å². The Morgan fingerprint density at radius 2 is 1.72 bits per heavy atom. The van der Waals surface area contributed by atoms with Crippen molar-refractivity contribution < 1.29 is 4.79 Å². The highest BCUT2D eigenvalue weighted by molar-refractivity contribution is 6.10. The van der Waals surface area contributed by atoms with Crippen molar-refractivity contribution in [1.29, 1.82) is 0 Å². The van der Waals surface area contributed by atoms with E-state index >= 15 is 0 Å². The molecule has 0 saturated carbocycles. The van der Waals surface area contributed by atoms with Gasteiger partial charge in [0, 0.05) is 11.1 Å². The minimum absolute atomic E-state index is 0.121. The fourth-order valence-corrected chi connectivity index (χ4v) is 2.09. The highest BCUT2D eigenvalue weighted by Crippen LogP contribution is 2.17. The van der Waals surface area contributed by atoms with E-state index in [1.165, 1.54) is 5.56 Å². The van der Waals surface area contributed by atoms with Crippen molar-refractivity contribution in [2.45, 2.75) is 27.2 Å². The standard InChI is InChI=1S/C17H18O/c1-4-14-7-5-6-8-16(14)17(18)15-10-9-12(2)13(3)11-15/h5-11H,4H2,1-3H3. The van der Waals surface area contributed by atoms with Crippen LogP contribution in [0.2, 0.25) is 0 Å². The molecule has 0 heterocycles. The van der Waals surface area contributed by atoms with Crippen LogP contribution in [0.25, 0.3) is 0 Å². The second-order valence-electron chi connectivity index (χ2n) is 4.64. The zero-order chi connectivity index (χ0) is 13.1. The molecule has 0 aliphatic heterocycles. The predicted molar refractivity (Wildman–Crippen MR) is 75.2 cm³/mol. The molecule has 0 amide bonds. The Hall–Kier alpha value is -1.89. The normalized spacial score (nSPS) is 10.4. The van der Waals surface area contributed by atoms with E-state index in [2.05, 4.69) is 13.8 Å². The quantitative estimate of drug-likeness (QED) is 0.736. The van der Waals surface area contributed by atoms with Gasteiger partial charge >= 0.3 is 0 Å². The summed E-state index contributed by atoms with van der Waals surface area (Å²) in [5.74, 6) is 0.121. The highest BCUT2D eigenvalue weighted by atomic mass is 16.1. The molecule has 0 aliphatic carbocycles. The van der Waals surface area contributed by atoms with Gasteiger partial charge in [-0.25, -0.2) is 0 Å². The highest BCUT2D eigenvalue weighted by Gasteiger charge is 2.12. The van der Waals surface area contributed by atoms with Gasteiger partial charge in [0.05, 0.1) is 0 Å². The lowest BCUT2D eigenvalue weighted by molar-refractivity contribution is 0.103. The zero-order valence-corrected chi connectivity index (χ0v) is 11.2. The maximum Gasteiger partial charge on any atom is 0.193 e. The van der Waals surface area contributed by atoms with Crippen molar-refractivity contribution in [3.05, 3.63) is 70.3 Å². The first-order valence-corrected chi connectivity index (χ1v) is 6.33. The van der Waals surface area contributed by atoms with Crippen LogP contribution in [0.3, 0.4) is 0 Å². The van der Waals surface area contributed by atoms with Crippen LogP contribution in [0, 0.1) is 13.8 Å². The molecule has 2 aromatic carbocycles. The largest absolute Gasteiger partial charge is 0.289 e.